The number of hydrogen-bond acceptors (Lipinski definition) is 0. The predicted molar refractivity (Wildman–Crippen MR) is 256 cm³/mol. The lowest BCUT2D eigenvalue weighted by Crippen LogP contribution is -1.94. The van der Waals surface area contributed by atoms with Gasteiger partial charge >= 0.3 is 0 Å². The maximum absolute atomic E-state index is 2.52. The van der Waals surface area contributed by atoms with E-state index < -0.39 is 0 Å². The number of fused-ring (bicyclic) bond motifs is 5. The molecule has 1 aliphatic carbocycles. The third-order valence-corrected chi connectivity index (χ3v) is 12.5. The van der Waals surface area contributed by atoms with Gasteiger partial charge in [0.15, 0.2) is 0 Å². The van der Waals surface area contributed by atoms with E-state index in [9.17, 15) is 0 Å². The van der Waals surface area contributed by atoms with Gasteiger partial charge in [-0.2, -0.15) is 0 Å². The molecular weight excluding hydrogens is 721 g/mol. The van der Waals surface area contributed by atoms with Gasteiger partial charge < -0.3 is 0 Å². The number of benzene rings is 11. The Kier molecular flexibility index (Phi) is 7.96. The molecule has 278 valence electrons. The van der Waals surface area contributed by atoms with Crippen LogP contribution in [0.15, 0.2) is 231 Å². The summed E-state index contributed by atoms with van der Waals surface area (Å²) >= 11 is 0. The zero-order chi connectivity index (χ0) is 39.6. The molecular formula is C60H38. The molecule has 0 radical (unpaired) electrons. The monoisotopic (exact) mass is 758 g/mol. The molecule has 0 bridgehead atoms. The highest BCUT2D eigenvalue weighted by atomic mass is 14.3. The molecule has 0 saturated heterocycles. The predicted octanol–water partition coefficient (Wildman–Crippen LogP) is 16.8. The summed E-state index contributed by atoms with van der Waals surface area (Å²) in [7, 11) is 0. The molecule has 0 amide bonds. The van der Waals surface area contributed by atoms with Crippen molar-refractivity contribution >= 4 is 32.3 Å². The molecule has 60 heavy (non-hydrogen) atoms. The van der Waals surface area contributed by atoms with Crippen molar-refractivity contribution in [1.82, 2.24) is 0 Å². The van der Waals surface area contributed by atoms with Gasteiger partial charge in [-0.3, -0.25) is 0 Å². The second kappa shape index (κ2) is 13.9. The summed E-state index contributed by atoms with van der Waals surface area (Å²) in [5.41, 5.74) is 19.8. The van der Waals surface area contributed by atoms with Gasteiger partial charge in [0.05, 0.1) is 0 Å². The maximum atomic E-state index is 2.52. The zero-order valence-corrected chi connectivity index (χ0v) is 32.9. The highest BCUT2D eigenvalue weighted by Crippen LogP contribution is 2.53. The normalized spacial score (nSPS) is 11.7. The Hall–Kier alpha value is -7.80. The number of rotatable bonds is 6. The van der Waals surface area contributed by atoms with Gasteiger partial charge in [-0.05, 0) is 170 Å². The molecule has 0 heteroatoms. The largest absolute Gasteiger partial charge is 0.0622 e. The van der Waals surface area contributed by atoms with Crippen LogP contribution in [0.1, 0.15) is 0 Å². The Morgan fingerprint density at radius 3 is 0.850 bits per heavy atom. The molecule has 0 aliphatic heterocycles. The van der Waals surface area contributed by atoms with Crippen LogP contribution in [0.25, 0.3) is 121 Å². The van der Waals surface area contributed by atoms with E-state index in [0.29, 0.717) is 0 Å². The summed E-state index contributed by atoms with van der Waals surface area (Å²) in [4.78, 5) is 0. The van der Waals surface area contributed by atoms with E-state index in [1.54, 1.807) is 0 Å². The van der Waals surface area contributed by atoms with E-state index in [0.717, 1.165) is 0 Å². The van der Waals surface area contributed by atoms with E-state index >= 15 is 0 Å². The topological polar surface area (TPSA) is 0 Å². The quantitative estimate of drug-likeness (QED) is 0.148. The second-order valence-corrected chi connectivity index (χ2v) is 16.0. The summed E-state index contributed by atoms with van der Waals surface area (Å²) in [5, 5.41) is 7.61. The molecule has 0 atom stereocenters. The highest BCUT2D eigenvalue weighted by Gasteiger charge is 2.26. The van der Waals surface area contributed by atoms with Crippen LogP contribution in [-0.2, 0) is 0 Å². The van der Waals surface area contributed by atoms with Crippen molar-refractivity contribution in [3.8, 4) is 89.0 Å². The minimum atomic E-state index is 1.20. The van der Waals surface area contributed by atoms with Crippen molar-refractivity contribution in [1.29, 1.82) is 0 Å². The smallest absolute Gasteiger partial charge is 0.00257 e. The Bertz CT molecular complexity index is 3090. The van der Waals surface area contributed by atoms with Gasteiger partial charge in [0.2, 0.25) is 0 Å². The van der Waals surface area contributed by atoms with Crippen LogP contribution in [0.2, 0.25) is 0 Å². The lowest BCUT2D eigenvalue weighted by molar-refractivity contribution is 1.57. The molecule has 11 aromatic rings. The summed E-state index contributed by atoms with van der Waals surface area (Å²) in [6, 6.07) is 85.3. The minimum absolute atomic E-state index is 1.20. The van der Waals surface area contributed by atoms with Crippen molar-refractivity contribution in [2.45, 2.75) is 0 Å². The van der Waals surface area contributed by atoms with Gasteiger partial charge in [0, 0.05) is 0 Å². The molecule has 0 heterocycles. The van der Waals surface area contributed by atoms with E-state index in [4.69, 9.17) is 0 Å². The third-order valence-electron chi connectivity index (χ3n) is 12.5. The zero-order valence-electron chi connectivity index (χ0n) is 32.9. The van der Waals surface area contributed by atoms with Crippen molar-refractivity contribution in [3.63, 3.8) is 0 Å². The van der Waals surface area contributed by atoms with Crippen molar-refractivity contribution < 1.29 is 0 Å². The Morgan fingerprint density at radius 1 is 0.183 bits per heavy atom. The molecule has 0 spiro atoms. The van der Waals surface area contributed by atoms with Gasteiger partial charge in [-0.1, -0.05) is 182 Å². The molecule has 11 aromatic carbocycles. The molecule has 0 N–H and O–H groups in total. The summed E-state index contributed by atoms with van der Waals surface area (Å²) in [6.07, 6.45) is 0. The molecule has 0 aromatic heterocycles. The van der Waals surface area contributed by atoms with Crippen LogP contribution >= 0.6 is 0 Å². The fourth-order valence-corrected chi connectivity index (χ4v) is 9.81. The van der Waals surface area contributed by atoms with Gasteiger partial charge in [0.25, 0.3) is 0 Å². The van der Waals surface area contributed by atoms with Gasteiger partial charge in [0.1, 0.15) is 0 Å². The first-order valence-electron chi connectivity index (χ1n) is 20.8. The van der Waals surface area contributed by atoms with Crippen LogP contribution in [0, 0.1) is 0 Å². The van der Waals surface area contributed by atoms with Gasteiger partial charge in [-0.25, -0.2) is 0 Å². The van der Waals surface area contributed by atoms with E-state index in [2.05, 4.69) is 231 Å². The lowest BCUT2D eigenvalue weighted by Gasteiger charge is -2.21. The summed E-state index contributed by atoms with van der Waals surface area (Å²) < 4.78 is 0. The number of hydrogen-bond donors (Lipinski definition) is 0. The molecule has 1 aliphatic rings. The Labute approximate surface area is 350 Å². The maximum Gasteiger partial charge on any atom is -0.00257 e. The van der Waals surface area contributed by atoms with Crippen LogP contribution in [0.3, 0.4) is 0 Å². The summed E-state index contributed by atoms with van der Waals surface area (Å²) in [6.45, 7) is 0. The van der Waals surface area contributed by atoms with E-state index in [1.807, 2.05) is 0 Å². The van der Waals surface area contributed by atoms with Gasteiger partial charge in [-0.15, -0.1) is 0 Å². The molecule has 0 saturated carbocycles. The molecule has 12 rings (SSSR count). The van der Waals surface area contributed by atoms with Crippen LogP contribution in [0.5, 0.6) is 0 Å². The van der Waals surface area contributed by atoms with Crippen LogP contribution in [0.4, 0.5) is 0 Å². The third kappa shape index (κ3) is 5.61. The molecule has 0 nitrogen and oxygen atoms in total. The van der Waals surface area contributed by atoms with Crippen LogP contribution in [-0.4, -0.2) is 0 Å². The first-order chi connectivity index (χ1) is 29.7. The summed E-state index contributed by atoms with van der Waals surface area (Å²) in [5.74, 6) is 0. The second-order valence-electron chi connectivity index (χ2n) is 16.0. The average molecular weight is 759 g/mol. The highest BCUT2D eigenvalue weighted by molar-refractivity contribution is 6.26. The fourth-order valence-electron chi connectivity index (χ4n) is 9.81. The SMILES string of the molecule is c1ccc(-c2cc(-c3ccccc3)cc(-c3c4ccccc4c(-c4cc(-c5ccccc5)cc(-c5ccccc5)c4)c4cc5c(cc34)-c3cccc4cccc-5c34)c2)cc1. The van der Waals surface area contributed by atoms with Crippen molar-refractivity contribution in [2.24, 2.45) is 0 Å². The first kappa shape index (κ1) is 34.3. The molecule has 0 fully saturated rings. The van der Waals surface area contributed by atoms with Crippen molar-refractivity contribution in [2.75, 3.05) is 0 Å². The standard InChI is InChI=1S/C60H38/c1-5-17-39(18-6-1)44-31-45(40-19-7-2-8-20-40)34-48(33-44)59-50-27-13-14-28-51(50)60(49-35-46(41-21-9-3-10-22-41)32-47(36-49)42-23-11-4-12-24-42)57-38-55-53-30-16-26-43-25-15-29-52(58(43)53)54(55)37-56(57)59/h1-38H. The lowest BCUT2D eigenvalue weighted by atomic mass is 9.82. The van der Waals surface area contributed by atoms with Crippen molar-refractivity contribution in [3.05, 3.63) is 231 Å². The minimum Gasteiger partial charge on any atom is -0.0622 e. The van der Waals surface area contributed by atoms with Crippen LogP contribution < -0.4 is 0 Å². The molecule has 0 unspecified atom stereocenters. The first-order valence-corrected chi connectivity index (χ1v) is 20.8. The van der Waals surface area contributed by atoms with E-state index in [-0.39, 0.29) is 0 Å². The van der Waals surface area contributed by atoms with E-state index in [1.165, 1.54) is 121 Å². The Morgan fingerprint density at radius 2 is 0.500 bits per heavy atom. The fraction of sp³-hybridized carbons (Fsp3) is 0. The average Bonchev–Trinajstić information content (AvgIpc) is 3.64. The Balaban J connectivity index is 1.23.